The number of nitrogens with zero attached hydrogens (tertiary/aromatic N) is 2. The standard InChI is InChI=1S/C24H31Cl2N3O3S/c1-3-23(29(33(2,31)32)20-10-11-21(25)22(26)15-20)24(30)27-16-18-8-7-9-19(14-18)17-28-12-5-4-6-13-28/h7-11,14-15,23H,3-6,12-13,16-17H2,1-2H3,(H,27,30)/t23-/m1/s1. The molecule has 0 aliphatic carbocycles. The van der Waals surface area contributed by atoms with Crippen LogP contribution >= 0.6 is 23.2 Å². The van der Waals surface area contributed by atoms with E-state index in [0.29, 0.717) is 23.7 Å². The first-order valence-corrected chi connectivity index (χ1v) is 13.8. The van der Waals surface area contributed by atoms with Crippen molar-refractivity contribution in [1.82, 2.24) is 10.2 Å². The maximum atomic E-state index is 13.1. The summed E-state index contributed by atoms with van der Waals surface area (Å²) in [6.45, 7) is 5.24. The number of halogens is 2. The third-order valence-electron chi connectivity index (χ3n) is 5.80. The molecule has 0 spiro atoms. The van der Waals surface area contributed by atoms with Crippen molar-refractivity contribution in [2.24, 2.45) is 0 Å². The van der Waals surface area contributed by atoms with Gasteiger partial charge in [-0.2, -0.15) is 0 Å². The first-order chi connectivity index (χ1) is 15.7. The van der Waals surface area contributed by atoms with Crippen molar-refractivity contribution in [3.8, 4) is 0 Å². The van der Waals surface area contributed by atoms with Crippen molar-refractivity contribution < 1.29 is 13.2 Å². The molecule has 9 heteroatoms. The number of piperidine rings is 1. The van der Waals surface area contributed by atoms with Crippen LogP contribution in [0.2, 0.25) is 10.0 Å². The molecule has 1 N–H and O–H groups in total. The fraction of sp³-hybridized carbons (Fsp3) is 0.458. The van der Waals surface area contributed by atoms with E-state index in [9.17, 15) is 13.2 Å². The summed E-state index contributed by atoms with van der Waals surface area (Å²) in [5.74, 6) is -0.365. The van der Waals surface area contributed by atoms with E-state index in [2.05, 4.69) is 22.3 Å². The molecule has 180 valence electrons. The summed E-state index contributed by atoms with van der Waals surface area (Å²) in [5.41, 5.74) is 2.50. The molecule has 0 saturated carbocycles. The molecule has 3 rings (SSSR count). The van der Waals surface area contributed by atoms with Gasteiger partial charge in [-0.15, -0.1) is 0 Å². The number of sulfonamides is 1. The van der Waals surface area contributed by atoms with Crippen LogP contribution < -0.4 is 9.62 Å². The molecule has 0 radical (unpaired) electrons. The van der Waals surface area contributed by atoms with Crippen LogP contribution in [0.4, 0.5) is 5.69 Å². The second-order valence-electron chi connectivity index (χ2n) is 8.46. The van der Waals surface area contributed by atoms with E-state index in [0.717, 1.165) is 35.8 Å². The highest BCUT2D eigenvalue weighted by Gasteiger charge is 2.31. The van der Waals surface area contributed by atoms with Crippen LogP contribution in [0, 0.1) is 0 Å². The number of likely N-dealkylation sites (tertiary alicyclic amines) is 1. The van der Waals surface area contributed by atoms with Gasteiger partial charge in [-0.05, 0) is 61.7 Å². The quantitative estimate of drug-likeness (QED) is 0.522. The van der Waals surface area contributed by atoms with Crippen LogP contribution in [0.15, 0.2) is 42.5 Å². The van der Waals surface area contributed by atoms with E-state index >= 15 is 0 Å². The first-order valence-electron chi connectivity index (χ1n) is 11.2. The van der Waals surface area contributed by atoms with Gasteiger partial charge in [0.05, 0.1) is 22.0 Å². The van der Waals surface area contributed by atoms with Crippen LogP contribution in [-0.2, 0) is 27.9 Å². The SMILES string of the molecule is CC[C@H](C(=O)NCc1cccc(CN2CCCCC2)c1)N(c1ccc(Cl)c(Cl)c1)S(C)(=O)=O. The van der Waals surface area contributed by atoms with E-state index < -0.39 is 16.1 Å². The average Bonchev–Trinajstić information content (AvgIpc) is 2.78. The molecule has 1 amide bonds. The number of amides is 1. The molecule has 33 heavy (non-hydrogen) atoms. The van der Waals surface area contributed by atoms with Gasteiger partial charge in [0.15, 0.2) is 0 Å². The largest absolute Gasteiger partial charge is 0.350 e. The third-order valence-corrected chi connectivity index (χ3v) is 7.72. The van der Waals surface area contributed by atoms with Crippen LogP contribution in [-0.4, -0.2) is 44.6 Å². The minimum atomic E-state index is -3.74. The highest BCUT2D eigenvalue weighted by molar-refractivity contribution is 7.92. The Morgan fingerprint density at radius 1 is 1.06 bits per heavy atom. The summed E-state index contributed by atoms with van der Waals surface area (Å²) in [5, 5.41) is 3.45. The molecule has 1 heterocycles. The Kier molecular flexibility index (Phi) is 9.04. The molecule has 1 saturated heterocycles. The number of hydrogen-bond acceptors (Lipinski definition) is 4. The molecule has 0 aromatic heterocycles. The maximum Gasteiger partial charge on any atom is 0.244 e. The number of anilines is 1. The van der Waals surface area contributed by atoms with Gasteiger partial charge in [-0.1, -0.05) is 60.8 Å². The fourth-order valence-electron chi connectivity index (χ4n) is 4.20. The van der Waals surface area contributed by atoms with Gasteiger partial charge in [-0.25, -0.2) is 8.42 Å². The fourth-order valence-corrected chi connectivity index (χ4v) is 5.70. The van der Waals surface area contributed by atoms with Crippen LogP contribution in [0.5, 0.6) is 0 Å². The van der Waals surface area contributed by atoms with E-state index in [1.54, 1.807) is 13.0 Å². The second-order valence-corrected chi connectivity index (χ2v) is 11.1. The van der Waals surface area contributed by atoms with Gasteiger partial charge < -0.3 is 5.32 Å². The topological polar surface area (TPSA) is 69.7 Å². The summed E-state index contributed by atoms with van der Waals surface area (Å²) in [7, 11) is -3.74. The maximum absolute atomic E-state index is 13.1. The molecular formula is C24H31Cl2N3O3S. The Balaban J connectivity index is 1.71. The van der Waals surface area contributed by atoms with E-state index in [1.165, 1.54) is 37.0 Å². The summed E-state index contributed by atoms with van der Waals surface area (Å²) >= 11 is 12.1. The van der Waals surface area contributed by atoms with Gasteiger partial charge in [-0.3, -0.25) is 14.0 Å². The minimum absolute atomic E-state index is 0.226. The second kappa shape index (κ2) is 11.6. The van der Waals surface area contributed by atoms with Crippen molar-refractivity contribution >= 4 is 44.8 Å². The summed E-state index contributed by atoms with van der Waals surface area (Å²) in [4.78, 5) is 15.5. The predicted octanol–water partition coefficient (Wildman–Crippen LogP) is 4.84. The zero-order chi connectivity index (χ0) is 24.0. The molecule has 6 nitrogen and oxygen atoms in total. The Labute approximate surface area is 206 Å². The number of nitrogens with one attached hydrogen (secondary N) is 1. The summed E-state index contributed by atoms with van der Waals surface area (Å²) in [6, 6.07) is 11.8. The molecule has 1 fully saturated rings. The monoisotopic (exact) mass is 511 g/mol. The lowest BCUT2D eigenvalue weighted by atomic mass is 10.1. The van der Waals surface area contributed by atoms with Crippen molar-refractivity contribution in [2.75, 3.05) is 23.7 Å². The average molecular weight is 513 g/mol. The zero-order valence-corrected chi connectivity index (χ0v) is 21.4. The van der Waals surface area contributed by atoms with Crippen molar-refractivity contribution in [1.29, 1.82) is 0 Å². The smallest absolute Gasteiger partial charge is 0.244 e. The highest BCUT2D eigenvalue weighted by Crippen LogP contribution is 2.30. The van der Waals surface area contributed by atoms with Gasteiger partial charge in [0.2, 0.25) is 15.9 Å². The van der Waals surface area contributed by atoms with Crippen molar-refractivity contribution in [2.45, 2.75) is 51.7 Å². The van der Waals surface area contributed by atoms with Crippen LogP contribution in [0.3, 0.4) is 0 Å². The van der Waals surface area contributed by atoms with Crippen molar-refractivity contribution in [3.63, 3.8) is 0 Å². The highest BCUT2D eigenvalue weighted by atomic mass is 35.5. The normalized spacial score (nSPS) is 15.8. The number of rotatable bonds is 9. The molecule has 0 unspecified atom stereocenters. The van der Waals surface area contributed by atoms with Gasteiger partial charge in [0, 0.05) is 13.1 Å². The predicted molar refractivity (Wildman–Crippen MR) is 135 cm³/mol. The van der Waals surface area contributed by atoms with Crippen LogP contribution in [0.1, 0.15) is 43.7 Å². The van der Waals surface area contributed by atoms with E-state index in [4.69, 9.17) is 23.2 Å². The van der Waals surface area contributed by atoms with Crippen LogP contribution in [0.25, 0.3) is 0 Å². The van der Waals surface area contributed by atoms with E-state index in [1.807, 2.05) is 12.1 Å². The molecule has 0 bridgehead atoms. The Morgan fingerprint density at radius 3 is 2.39 bits per heavy atom. The summed E-state index contributed by atoms with van der Waals surface area (Å²) < 4.78 is 26.3. The Morgan fingerprint density at radius 2 is 1.76 bits per heavy atom. The Bertz CT molecular complexity index is 1070. The molecule has 2 aromatic rings. The number of carbonyl (C=O) groups excluding carboxylic acids is 1. The first kappa shape index (κ1) is 25.8. The third kappa shape index (κ3) is 7.09. The summed E-state index contributed by atoms with van der Waals surface area (Å²) in [6.07, 6.45) is 5.16. The lowest BCUT2D eigenvalue weighted by Gasteiger charge is -2.30. The van der Waals surface area contributed by atoms with Gasteiger partial charge >= 0.3 is 0 Å². The van der Waals surface area contributed by atoms with Gasteiger partial charge in [0.25, 0.3) is 0 Å². The molecule has 1 aliphatic heterocycles. The van der Waals surface area contributed by atoms with Gasteiger partial charge in [0.1, 0.15) is 6.04 Å². The lowest BCUT2D eigenvalue weighted by molar-refractivity contribution is -0.122. The molecule has 2 aromatic carbocycles. The number of benzene rings is 2. The molecular weight excluding hydrogens is 481 g/mol. The zero-order valence-electron chi connectivity index (χ0n) is 19.1. The number of hydrogen-bond donors (Lipinski definition) is 1. The van der Waals surface area contributed by atoms with E-state index in [-0.39, 0.29) is 10.9 Å². The Hall–Kier alpha value is -1.80. The lowest BCUT2D eigenvalue weighted by Crippen LogP contribution is -2.49. The molecule has 1 atom stereocenters. The minimum Gasteiger partial charge on any atom is -0.350 e. The number of carbonyl (C=O) groups is 1. The van der Waals surface area contributed by atoms with Crippen molar-refractivity contribution in [3.05, 3.63) is 63.6 Å². The molecule has 1 aliphatic rings.